The van der Waals surface area contributed by atoms with E-state index >= 15 is 0 Å². The van der Waals surface area contributed by atoms with Crippen molar-refractivity contribution in [2.24, 2.45) is 0 Å². The first-order valence-electron chi connectivity index (χ1n) is 5.04. The Morgan fingerprint density at radius 3 is 2.42 bits per heavy atom. The maximum atomic E-state index is 2.51. The summed E-state index contributed by atoms with van der Waals surface area (Å²) in [6, 6.07) is 1.79. The van der Waals surface area contributed by atoms with Crippen LogP contribution in [0, 0.1) is 0 Å². The summed E-state index contributed by atoms with van der Waals surface area (Å²) in [6.45, 7) is 6.89. The quantitative estimate of drug-likeness (QED) is 0.609. The maximum absolute atomic E-state index is 2.51. The summed E-state index contributed by atoms with van der Waals surface area (Å²) in [4.78, 5) is 2.51. The lowest BCUT2D eigenvalue weighted by atomic mass is 10.2. The van der Waals surface area contributed by atoms with Crippen LogP contribution >= 0.6 is 11.8 Å². The molecule has 2 heteroatoms. The van der Waals surface area contributed by atoms with Gasteiger partial charge in [-0.15, -0.1) is 0 Å². The van der Waals surface area contributed by atoms with Gasteiger partial charge in [-0.05, 0) is 25.6 Å². The highest BCUT2D eigenvalue weighted by Crippen LogP contribution is 2.34. The summed E-state index contributed by atoms with van der Waals surface area (Å²) >= 11 is 2.09. The lowest BCUT2D eigenvalue weighted by Gasteiger charge is -2.07. The van der Waals surface area contributed by atoms with Crippen molar-refractivity contribution >= 4 is 11.8 Å². The molecular formula is C10H21NS. The molecule has 4 atom stereocenters. The minimum Gasteiger partial charge on any atom is -0.297 e. The van der Waals surface area contributed by atoms with E-state index in [1.165, 1.54) is 18.6 Å². The molecule has 1 rings (SSSR count). The molecule has 1 nitrogen and oxygen atoms in total. The zero-order chi connectivity index (χ0) is 9.14. The summed E-state index contributed by atoms with van der Waals surface area (Å²) in [6.07, 6.45) is 2.71. The van der Waals surface area contributed by atoms with Crippen molar-refractivity contribution in [2.75, 3.05) is 12.8 Å². The highest BCUT2D eigenvalue weighted by Gasteiger charge is 2.42. The maximum Gasteiger partial charge on any atom is 0.0262 e. The van der Waals surface area contributed by atoms with Crippen LogP contribution in [0.15, 0.2) is 0 Å². The summed E-state index contributed by atoms with van der Waals surface area (Å²) in [7, 11) is 2.25. The van der Waals surface area contributed by atoms with Gasteiger partial charge in [-0.1, -0.05) is 20.8 Å². The van der Waals surface area contributed by atoms with Crippen molar-refractivity contribution in [2.45, 2.75) is 50.9 Å². The Morgan fingerprint density at radius 1 is 1.33 bits per heavy atom. The Hall–Kier alpha value is 0.310. The standard InChI is InChI=1S/C10H21NS/c1-5-9-10(11(9)4)7-8(3)12-6-2/h8-10H,5-7H2,1-4H3. The van der Waals surface area contributed by atoms with E-state index in [9.17, 15) is 0 Å². The molecule has 1 aliphatic heterocycles. The Balaban J connectivity index is 2.16. The van der Waals surface area contributed by atoms with Gasteiger partial charge in [0, 0.05) is 17.3 Å². The van der Waals surface area contributed by atoms with E-state index in [1.807, 2.05) is 0 Å². The second kappa shape index (κ2) is 4.52. The first-order chi connectivity index (χ1) is 5.70. The van der Waals surface area contributed by atoms with Crippen LogP contribution in [0.4, 0.5) is 0 Å². The highest BCUT2D eigenvalue weighted by molar-refractivity contribution is 7.99. The minimum atomic E-state index is 0.846. The largest absolute Gasteiger partial charge is 0.297 e. The van der Waals surface area contributed by atoms with Crippen LogP contribution in [0.3, 0.4) is 0 Å². The Bertz CT molecular complexity index is 138. The number of likely N-dealkylation sites (N-methyl/N-ethyl adjacent to an activating group) is 1. The van der Waals surface area contributed by atoms with Crippen LogP contribution in [0.5, 0.6) is 0 Å². The Labute approximate surface area is 80.9 Å². The molecule has 1 aliphatic rings. The second-order valence-electron chi connectivity index (χ2n) is 3.71. The van der Waals surface area contributed by atoms with Crippen LogP contribution in [0.1, 0.15) is 33.6 Å². The molecule has 0 bridgehead atoms. The van der Waals surface area contributed by atoms with Gasteiger partial charge >= 0.3 is 0 Å². The zero-order valence-corrected chi connectivity index (χ0v) is 9.53. The molecule has 72 valence electrons. The molecule has 0 amide bonds. The van der Waals surface area contributed by atoms with Gasteiger partial charge in [0.15, 0.2) is 0 Å². The van der Waals surface area contributed by atoms with Gasteiger partial charge in [0.25, 0.3) is 0 Å². The minimum absolute atomic E-state index is 0.846. The fraction of sp³-hybridized carbons (Fsp3) is 1.00. The van der Waals surface area contributed by atoms with Crippen molar-refractivity contribution in [3.63, 3.8) is 0 Å². The number of thioether (sulfide) groups is 1. The van der Waals surface area contributed by atoms with Crippen molar-refractivity contribution < 1.29 is 0 Å². The van der Waals surface area contributed by atoms with Gasteiger partial charge in [0.05, 0.1) is 0 Å². The molecule has 0 aliphatic carbocycles. The van der Waals surface area contributed by atoms with Gasteiger partial charge in [0.1, 0.15) is 0 Å². The summed E-state index contributed by atoms with van der Waals surface area (Å²) in [5.41, 5.74) is 0. The number of rotatable bonds is 5. The number of hydrogen-bond donors (Lipinski definition) is 0. The predicted octanol–water partition coefficient (Wildman–Crippen LogP) is 2.61. The molecule has 1 saturated heterocycles. The molecule has 0 aromatic rings. The topological polar surface area (TPSA) is 3.01 Å². The van der Waals surface area contributed by atoms with E-state index in [0.717, 1.165) is 17.3 Å². The molecule has 12 heavy (non-hydrogen) atoms. The molecule has 0 radical (unpaired) electrons. The summed E-state index contributed by atoms with van der Waals surface area (Å²) in [5.74, 6) is 1.26. The van der Waals surface area contributed by atoms with E-state index < -0.39 is 0 Å². The average molecular weight is 187 g/mol. The van der Waals surface area contributed by atoms with Crippen LogP contribution in [0.2, 0.25) is 0 Å². The first-order valence-corrected chi connectivity index (χ1v) is 6.09. The zero-order valence-electron chi connectivity index (χ0n) is 8.71. The molecule has 0 aromatic carbocycles. The fourth-order valence-electron chi connectivity index (χ4n) is 2.05. The van der Waals surface area contributed by atoms with Gasteiger partial charge in [-0.3, -0.25) is 4.90 Å². The normalized spacial score (nSPS) is 36.5. The number of hydrogen-bond acceptors (Lipinski definition) is 2. The third kappa shape index (κ3) is 2.40. The van der Waals surface area contributed by atoms with Crippen molar-refractivity contribution in [1.82, 2.24) is 4.90 Å². The van der Waals surface area contributed by atoms with E-state index in [4.69, 9.17) is 0 Å². The van der Waals surface area contributed by atoms with E-state index in [0.29, 0.717) is 0 Å². The SMILES string of the molecule is CCSC(C)CC1C(CC)N1C. The van der Waals surface area contributed by atoms with E-state index in [-0.39, 0.29) is 0 Å². The van der Waals surface area contributed by atoms with E-state index in [1.54, 1.807) is 0 Å². The molecule has 4 unspecified atom stereocenters. The predicted molar refractivity (Wildman–Crippen MR) is 57.8 cm³/mol. The van der Waals surface area contributed by atoms with Crippen molar-refractivity contribution in [3.05, 3.63) is 0 Å². The fourth-order valence-corrected chi connectivity index (χ4v) is 2.95. The monoisotopic (exact) mass is 187 g/mol. The average Bonchev–Trinajstić information content (AvgIpc) is 2.61. The van der Waals surface area contributed by atoms with Crippen LogP contribution in [-0.4, -0.2) is 35.0 Å². The molecule has 0 aromatic heterocycles. The summed E-state index contributed by atoms with van der Waals surface area (Å²) < 4.78 is 0. The van der Waals surface area contributed by atoms with Gasteiger partial charge < -0.3 is 0 Å². The highest BCUT2D eigenvalue weighted by atomic mass is 32.2. The van der Waals surface area contributed by atoms with Gasteiger partial charge in [-0.2, -0.15) is 11.8 Å². The van der Waals surface area contributed by atoms with Gasteiger partial charge in [-0.25, -0.2) is 0 Å². The molecule has 1 heterocycles. The third-order valence-corrected chi connectivity index (χ3v) is 3.94. The van der Waals surface area contributed by atoms with Crippen molar-refractivity contribution in [1.29, 1.82) is 0 Å². The molecule has 1 fully saturated rings. The lowest BCUT2D eigenvalue weighted by Crippen LogP contribution is -2.05. The molecule has 0 spiro atoms. The van der Waals surface area contributed by atoms with Crippen LogP contribution in [0.25, 0.3) is 0 Å². The van der Waals surface area contributed by atoms with Crippen molar-refractivity contribution in [3.8, 4) is 0 Å². The Kier molecular flexibility index (Phi) is 3.91. The smallest absolute Gasteiger partial charge is 0.0262 e. The third-order valence-electron chi connectivity index (χ3n) is 2.84. The van der Waals surface area contributed by atoms with Gasteiger partial charge in [0.2, 0.25) is 0 Å². The number of nitrogens with zero attached hydrogens (tertiary/aromatic N) is 1. The second-order valence-corrected chi connectivity index (χ2v) is 5.43. The lowest BCUT2D eigenvalue weighted by molar-refractivity contribution is 0.560. The first kappa shape index (κ1) is 10.4. The van der Waals surface area contributed by atoms with Crippen LogP contribution in [-0.2, 0) is 0 Å². The molecule has 0 N–H and O–H groups in total. The Morgan fingerprint density at radius 2 is 2.00 bits per heavy atom. The summed E-state index contributed by atoms with van der Waals surface area (Å²) in [5, 5.41) is 0.846. The molecular weight excluding hydrogens is 166 g/mol. The van der Waals surface area contributed by atoms with E-state index in [2.05, 4.69) is 44.5 Å². The van der Waals surface area contributed by atoms with Crippen LogP contribution < -0.4 is 0 Å². The molecule has 0 saturated carbocycles.